The largest absolute Gasteiger partial charge is 0.494 e. The van der Waals surface area contributed by atoms with Crippen LogP contribution in [0.1, 0.15) is 50.2 Å². The van der Waals surface area contributed by atoms with Crippen LogP contribution in [0.25, 0.3) is 11.1 Å². The fraction of sp³-hybridized carbons (Fsp3) is 0.429. The molecule has 6 nitrogen and oxygen atoms in total. The van der Waals surface area contributed by atoms with Crippen molar-refractivity contribution in [1.82, 2.24) is 4.98 Å². The van der Waals surface area contributed by atoms with Gasteiger partial charge in [-0.3, -0.25) is 4.98 Å². The van der Waals surface area contributed by atoms with Gasteiger partial charge in [-0.25, -0.2) is 13.6 Å². The second kappa shape index (κ2) is 7.96. The number of methoxy groups -OCH3 is 2. The normalized spacial score (nSPS) is 17.3. The van der Waals surface area contributed by atoms with Crippen LogP contribution in [0, 0.1) is 0 Å². The zero-order valence-corrected chi connectivity index (χ0v) is 17.8. The van der Waals surface area contributed by atoms with Gasteiger partial charge < -0.3 is 18.8 Å². The molecular weight excluding hydrogens is 395 g/mol. The standard InChI is InChI=1S/C21H24BF2NO5/c1-20(2)21(3,4)30-22(29-20)12-7-8-13(19(26)28-6)14(9-12)15-10-16(18(23)24)25-11-17(15)27-5/h7-11,18H,1-6H3. The Bertz CT molecular complexity index is 948. The van der Waals surface area contributed by atoms with Gasteiger partial charge in [-0.2, -0.15) is 0 Å². The molecular formula is C21H24BF2NO5. The number of pyridine rings is 1. The molecule has 1 aromatic carbocycles. The maximum absolute atomic E-state index is 13.3. The zero-order chi connectivity index (χ0) is 22.3. The molecule has 0 aliphatic carbocycles. The van der Waals surface area contributed by atoms with Crippen molar-refractivity contribution in [3.8, 4) is 16.9 Å². The number of alkyl halides is 2. The second-order valence-corrected chi connectivity index (χ2v) is 8.00. The Kier molecular flexibility index (Phi) is 5.88. The van der Waals surface area contributed by atoms with E-state index in [2.05, 4.69) is 4.98 Å². The molecule has 0 unspecified atom stereocenters. The predicted molar refractivity (Wildman–Crippen MR) is 108 cm³/mol. The van der Waals surface area contributed by atoms with E-state index in [0.717, 1.165) is 0 Å². The first-order valence-electron chi connectivity index (χ1n) is 9.41. The van der Waals surface area contributed by atoms with Crippen LogP contribution < -0.4 is 10.2 Å². The number of carbonyl (C=O) groups excluding carboxylic acids is 1. The Balaban J connectivity index is 2.17. The molecule has 9 heteroatoms. The number of esters is 1. The molecule has 2 aromatic rings. The highest BCUT2D eigenvalue weighted by Gasteiger charge is 2.51. The fourth-order valence-electron chi connectivity index (χ4n) is 3.15. The first-order chi connectivity index (χ1) is 14.0. The van der Waals surface area contributed by atoms with Crippen LogP contribution in [0.3, 0.4) is 0 Å². The first-order valence-corrected chi connectivity index (χ1v) is 9.41. The molecule has 0 spiro atoms. The summed E-state index contributed by atoms with van der Waals surface area (Å²) in [6, 6.07) is 6.13. The molecule has 30 heavy (non-hydrogen) atoms. The van der Waals surface area contributed by atoms with Crippen molar-refractivity contribution < 1.29 is 32.4 Å². The van der Waals surface area contributed by atoms with Crippen molar-refractivity contribution in [1.29, 1.82) is 0 Å². The number of nitrogens with zero attached hydrogens (tertiary/aromatic N) is 1. The van der Waals surface area contributed by atoms with E-state index in [0.29, 0.717) is 16.6 Å². The molecule has 0 bridgehead atoms. The lowest BCUT2D eigenvalue weighted by atomic mass is 9.77. The highest BCUT2D eigenvalue weighted by atomic mass is 19.3. The number of hydrogen-bond acceptors (Lipinski definition) is 6. The minimum Gasteiger partial charge on any atom is -0.494 e. The van der Waals surface area contributed by atoms with Gasteiger partial charge in [0.2, 0.25) is 0 Å². The summed E-state index contributed by atoms with van der Waals surface area (Å²) in [5, 5.41) is 0. The summed E-state index contributed by atoms with van der Waals surface area (Å²) in [6.07, 6.45) is -1.57. The molecule has 0 radical (unpaired) electrons. The topological polar surface area (TPSA) is 66.9 Å². The molecule has 0 N–H and O–H groups in total. The van der Waals surface area contributed by atoms with E-state index in [1.165, 1.54) is 26.5 Å². The van der Waals surface area contributed by atoms with E-state index in [1.54, 1.807) is 18.2 Å². The Morgan fingerprint density at radius 1 is 1.07 bits per heavy atom. The molecule has 1 aliphatic rings. The van der Waals surface area contributed by atoms with Crippen molar-refractivity contribution in [3.05, 3.63) is 41.7 Å². The summed E-state index contributed by atoms with van der Waals surface area (Å²) >= 11 is 0. The lowest BCUT2D eigenvalue weighted by Gasteiger charge is -2.32. The van der Waals surface area contributed by atoms with Gasteiger partial charge in [0, 0.05) is 5.56 Å². The van der Waals surface area contributed by atoms with Crippen molar-refractivity contribution in [2.75, 3.05) is 14.2 Å². The van der Waals surface area contributed by atoms with Crippen LogP contribution in [-0.4, -0.2) is 43.5 Å². The van der Waals surface area contributed by atoms with Crippen molar-refractivity contribution >= 4 is 18.6 Å². The molecule has 1 fully saturated rings. The summed E-state index contributed by atoms with van der Waals surface area (Å²) in [5.41, 5.74) is -0.0674. The molecule has 3 rings (SSSR count). The third kappa shape index (κ3) is 3.91. The zero-order valence-electron chi connectivity index (χ0n) is 17.8. The van der Waals surface area contributed by atoms with Crippen molar-refractivity contribution in [3.63, 3.8) is 0 Å². The molecule has 160 valence electrons. The molecule has 1 saturated heterocycles. The van der Waals surface area contributed by atoms with Crippen LogP contribution in [0.15, 0.2) is 30.5 Å². The van der Waals surface area contributed by atoms with Gasteiger partial charge in [-0.1, -0.05) is 12.1 Å². The van der Waals surface area contributed by atoms with Crippen LogP contribution >= 0.6 is 0 Å². The first kappa shape index (κ1) is 22.2. The summed E-state index contributed by atoms with van der Waals surface area (Å²) in [4.78, 5) is 16.1. The van der Waals surface area contributed by atoms with E-state index in [-0.39, 0.29) is 11.3 Å². The summed E-state index contributed by atoms with van der Waals surface area (Å²) in [6.45, 7) is 7.71. The van der Waals surface area contributed by atoms with Crippen LogP contribution in [0.5, 0.6) is 5.75 Å². The SMILES string of the molecule is COC(=O)c1ccc(B2OC(C)(C)C(C)(C)O2)cc1-c1cc(C(F)F)ncc1OC. The second-order valence-electron chi connectivity index (χ2n) is 8.00. The predicted octanol–water partition coefficient (Wildman–Crippen LogP) is 3.78. The minimum atomic E-state index is -2.78. The molecule has 2 heterocycles. The number of ether oxygens (including phenoxy) is 2. The lowest BCUT2D eigenvalue weighted by molar-refractivity contribution is 0.00578. The van der Waals surface area contributed by atoms with Gasteiger partial charge in [0.05, 0.1) is 37.2 Å². The van der Waals surface area contributed by atoms with Crippen molar-refractivity contribution in [2.24, 2.45) is 0 Å². The maximum atomic E-state index is 13.3. The Morgan fingerprint density at radius 2 is 1.70 bits per heavy atom. The molecule has 1 aromatic heterocycles. The molecule has 1 aliphatic heterocycles. The smallest absolute Gasteiger partial charge is 0.494 e. The van der Waals surface area contributed by atoms with E-state index >= 15 is 0 Å². The summed E-state index contributed by atoms with van der Waals surface area (Å²) in [5.74, 6) is -0.362. The number of rotatable bonds is 5. The molecule has 0 saturated carbocycles. The molecule has 0 amide bonds. The van der Waals surface area contributed by atoms with E-state index in [1.807, 2.05) is 27.7 Å². The number of halogens is 2. The van der Waals surface area contributed by atoms with Gasteiger partial charge in [0.1, 0.15) is 11.4 Å². The van der Waals surface area contributed by atoms with Crippen LogP contribution in [0.4, 0.5) is 8.78 Å². The number of hydrogen-bond donors (Lipinski definition) is 0. The van der Waals surface area contributed by atoms with Crippen LogP contribution in [0.2, 0.25) is 0 Å². The maximum Gasteiger partial charge on any atom is 0.494 e. The van der Waals surface area contributed by atoms with E-state index in [4.69, 9.17) is 18.8 Å². The fourth-order valence-corrected chi connectivity index (χ4v) is 3.15. The summed E-state index contributed by atoms with van der Waals surface area (Å²) in [7, 11) is 1.96. The average molecular weight is 419 g/mol. The lowest BCUT2D eigenvalue weighted by Crippen LogP contribution is -2.41. The third-order valence-corrected chi connectivity index (χ3v) is 5.60. The monoisotopic (exact) mass is 419 g/mol. The average Bonchev–Trinajstić information content (AvgIpc) is 2.93. The minimum absolute atomic E-state index is 0.197. The van der Waals surface area contributed by atoms with Gasteiger partial charge >= 0.3 is 13.1 Å². The highest BCUT2D eigenvalue weighted by Crippen LogP contribution is 2.38. The number of aromatic nitrogens is 1. The van der Waals surface area contributed by atoms with Crippen molar-refractivity contribution in [2.45, 2.75) is 45.3 Å². The van der Waals surface area contributed by atoms with E-state index in [9.17, 15) is 13.6 Å². The van der Waals surface area contributed by atoms with E-state index < -0.39 is 36.4 Å². The molecule has 0 atom stereocenters. The number of carbonyl (C=O) groups is 1. The quantitative estimate of drug-likeness (QED) is 0.543. The Hall–Kier alpha value is -2.52. The Labute approximate surface area is 174 Å². The van der Waals surface area contributed by atoms with Gasteiger partial charge in [0.15, 0.2) is 0 Å². The number of benzene rings is 1. The summed E-state index contributed by atoms with van der Waals surface area (Å²) < 4.78 is 48.9. The van der Waals surface area contributed by atoms with Gasteiger partial charge in [0.25, 0.3) is 6.43 Å². The van der Waals surface area contributed by atoms with Gasteiger partial charge in [-0.15, -0.1) is 0 Å². The third-order valence-electron chi connectivity index (χ3n) is 5.60. The Morgan fingerprint density at radius 3 is 2.23 bits per heavy atom. The van der Waals surface area contributed by atoms with Gasteiger partial charge in [-0.05, 0) is 50.9 Å². The van der Waals surface area contributed by atoms with Crippen LogP contribution in [-0.2, 0) is 14.0 Å². The highest BCUT2D eigenvalue weighted by molar-refractivity contribution is 6.62.